The van der Waals surface area contributed by atoms with Crippen LogP contribution in [0, 0.1) is 0 Å². The first-order valence-corrected chi connectivity index (χ1v) is 7.40. The summed E-state index contributed by atoms with van der Waals surface area (Å²) in [7, 11) is 0. The molecule has 2 atom stereocenters. The second kappa shape index (κ2) is 6.91. The molecule has 1 amide bonds. The molecule has 1 saturated heterocycles. The average molecular weight is 293 g/mol. The largest absolute Gasteiger partial charge is 0.494 e. The molecule has 0 radical (unpaired) electrons. The fourth-order valence-electron chi connectivity index (χ4n) is 2.26. The van der Waals surface area contributed by atoms with Crippen LogP contribution >= 0.6 is 0 Å². The van der Waals surface area contributed by atoms with Crippen LogP contribution in [0.3, 0.4) is 0 Å². The molecule has 5 nitrogen and oxygen atoms in total. The maximum atomic E-state index is 12.1. The number of carbonyl (C=O) groups is 1. The number of nitrogens with one attached hydrogen (secondary N) is 1. The summed E-state index contributed by atoms with van der Waals surface area (Å²) in [6, 6.07) is 7.00. The highest BCUT2D eigenvalue weighted by atomic mass is 16.5. The van der Waals surface area contributed by atoms with Gasteiger partial charge in [-0.3, -0.25) is 4.79 Å². The highest BCUT2D eigenvalue weighted by molar-refractivity contribution is 5.94. The first kappa shape index (κ1) is 15.8. The molecular formula is C16H23NO4. The van der Waals surface area contributed by atoms with Crippen molar-refractivity contribution in [3.63, 3.8) is 0 Å². The number of hydrogen-bond acceptors (Lipinski definition) is 4. The Hall–Kier alpha value is -1.59. The van der Waals surface area contributed by atoms with Gasteiger partial charge in [-0.2, -0.15) is 0 Å². The molecule has 116 valence electrons. The Morgan fingerprint density at radius 3 is 2.76 bits per heavy atom. The minimum atomic E-state index is -0.972. The van der Waals surface area contributed by atoms with E-state index in [2.05, 4.69) is 5.32 Å². The molecule has 1 aromatic rings. The van der Waals surface area contributed by atoms with E-state index in [4.69, 9.17) is 9.47 Å². The third kappa shape index (κ3) is 3.95. The Kier molecular flexibility index (Phi) is 5.20. The van der Waals surface area contributed by atoms with Crippen LogP contribution in [-0.4, -0.2) is 42.5 Å². The number of benzene rings is 1. The number of ether oxygens (including phenoxy) is 2. The van der Waals surface area contributed by atoms with Gasteiger partial charge in [0, 0.05) is 25.1 Å². The van der Waals surface area contributed by atoms with Gasteiger partial charge in [0.05, 0.1) is 12.7 Å². The van der Waals surface area contributed by atoms with Gasteiger partial charge in [-0.15, -0.1) is 0 Å². The summed E-state index contributed by atoms with van der Waals surface area (Å²) in [6.07, 6.45) is 1.22. The fourth-order valence-corrected chi connectivity index (χ4v) is 2.26. The number of rotatable bonds is 6. The lowest BCUT2D eigenvalue weighted by atomic mass is 9.96. The van der Waals surface area contributed by atoms with E-state index < -0.39 is 5.60 Å². The number of aliphatic hydroxyl groups is 1. The zero-order chi connectivity index (χ0) is 15.3. The zero-order valence-electron chi connectivity index (χ0n) is 12.6. The van der Waals surface area contributed by atoms with Crippen molar-refractivity contribution >= 4 is 5.91 Å². The monoisotopic (exact) mass is 293 g/mol. The molecule has 2 rings (SSSR count). The van der Waals surface area contributed by atoms with E-state index >= 15 is 0 Å². The molecule has 0 bridgehead atoms. The van der Waals surface area contributed by atoms with Gasteiger partial charge >= 0.3 is 0 Å². The van der Waals surface area contributed by atoms with Crippen molar-refractivity contribution in [3.05, 3.63) is 29.8 Å². The van der Waals surface area contributed by atoms with E-state index in [1.54, 1.807) is 24.3 Å². The number of amides is 1. The Labute approximate surface area is 125 Å². The SMILES string of the molecule is CCCOc1ccc(C(=O)NCC2(O)CCOC2C)cc1. The van der Waals surface area contributed by atoms with Crippen molar-refractivity contribution in [1.82, 2.24) is 5.32 Å². The van der Waals surface area contributed by atoms with Crippen LogP contribution in [0.4, 0.5) is 0 Å². The molecule has 0 aliphatic carbocycles. The Morgan fingerprint density at radius 2 is 2.19 bits per heavy atom. The Bertz CT molecular complexity index is 474. The topological polar surface area (TPSA) is 67.8 Å². The molecule has 5 heteroatoms. The van der Waals surface area contributed by atoms with Gasteiger partial charge in [-0.25, -0.2) is 0 Å². The van der Waals surface area contributed by atoms with E-state index in [1.165, 1.54) is 0 Å². The minimum Gasteiger partial charge on any atom is -0.494 e. The molecular weight excluding hydrogens is 270 g/mol. The Morgan fingerprint density at radius 1 is 1.48 bits per heavy atom. The molecule has 21 heavy (non-hydrogen) atoms. The standard InChI is InChI=1S/C16H23NO4/c1-3-9-21-14-6-4-13(5-7-14)15(18)17-11-16(19)8-10-20-12(16)2/h4-7,12,19H,3,8-11H2,1-2H3,(H,17,18). The molecule has 0 spiro atoms. The van der Waals surface area contributed by atoms with Crippen molar-refractivity contribution in [2.75, 3.05) is 19.8 Å². The minimum absolute atomic E-state index is 0.196. The molecule has 1 heterocycles. The predicted molar refractivity (Wildman–Crippen MR) is 79.5 cm³/mol. The number of carbonyl (C=O) groups excluding carboxylic acids is 1. The van der Waals surface area contributed by atoms with Crippen LogP contribution in [-0.2, 0) is 4.74 Å². The summed E-state index contributed by atoms with van der Waals surface area (Å²) in [5, 5.41) is 13.1. The molecule has 1 aliphatic rings. The fraction of sp³-hybridized carbons (Fsp3) is 0.562. The van der Waals surface area contributed by atoms with Gasteiger partial charge in [0.15, 0.2) is 0 Å². The van der Waals surface area contributed by atoms with Crippen molar-refractivity contribution in [1.29, 1.82) is 0 Å². The zero-order valence-corrected chi connectivity index (χ0v) is 12.6. The van der Waals surface area contributed by atoms with Crippen molar-refractivity contribution < 1.29 is 19.4 Å². The van der Waals surface area contributed by atoms with Crippen molar-refractivity contribution in [2.24, 2.45) is 0 Å². The van der Waals surface area contributed by atoms with E-state index in [-0.39, 0.29) is 18.6 Å². The lowest BCUT2D eigenvalue weighted by molar-refractivity contribution is -0.0251. The lowest BCUT2D eigenvalue weighted by Gasteiger charge is -2.26. The van der Waals surface area contributed by atoms with Gasteiger partial charge in [0.2, 0.25) is 0 Å². The molecule has 1 aromatic carbocycles. The van der Waals surface area contributed by atoms with Crippen molar-refractivity contribution in [3.8, 4) is 5.75 Å². The quantitative estimate of drug-likeness (QED) is 0.838. The van der Waals surface area contributed by atoms with E-state index in [0.717, 1.165) is 12.2 Å². The maximum absolute atomic E-state index is 12.1. The van der Waals surface area contributed by atoms with E-state index in [1.807, 2.05) is 13.8 Å². The summed E-state index contributed by atoms with van der Waals surface area (Å²) in [4.78, 5) is 12.1. The summed E-state index contributed by atoms with van der Waals surface area (Å²) in [5.74, 6) is 0.550. The van der Waals surface area contributed by atoms with Gasteiger partial charge in [-0.05, 0) is 37.6 Å². The van der Waals surface area contributed by atoms with Gasteiger partial charge < -0.3 is 19.9 Å². The third-order valence-electron chi connectivity index (χ3n) is 3.80. The molecule has 0 aromatic heterocycles. The molecule has 2 N–H and O–H groups in total. The van der Waals surface area contributed by atoms with Gasteiger partial charge in [0.25, 0.3) is 5.91 Å². The van der Waals surface area contributed by atoms with Crippen LogP contribution < -0.4 is 10.1 Å². The predicted octanol–water partition coefficient (Wildman–Crippen LogP) is 1.75. The number of hydrogen-bond donors (Lipinski definition) is 2. The highest BCUT2D eigenvalue weighted by Crippen LogP contribution is 2.24. The average Bonchev–Trinajstić information content (AvgIpc) is 2.83. The summed E-state index contributed by atoms with van der Waals surface area (Å²) in [6.45, 7) is 5.24. The summed E-state index contributed by atoms with van der Waals surface area (Å²) in [5.41, 5.74) is -0.422. The van der Waals surface area contributed by atoms with E-state index in [9.17, 15) is 9.90 Å². The van der Waals surface area contributed by atoms with E-state index in [0.29, 0.717) is 25.2 Å². The molecule has 1 fully saturated rings. The summed E-state index contributed by atoms with van der Waals surface area (Å²) >= 11 is 0. The Balaban J connectivity index is 1.88. The van der Waals surface area contributed by atoms with Crippen LogP contribution in [0.2, 0.25) is 0 Å². The first-order valence-electron chi connectivity index (χ1n) is 7.40. The maximum Gasteiger partial charge on any atom is 0.251 e. The van der Waals surface area contributed by atoms with Gasteiger partial charge in [-0.1, -0.05) is 6.92 Å². The molecule has 2 unspecified atom stereocenters. The lowest BCUT2D eigenvalue weighted by Crippen LogP contribution is -2.47. The second-order valence-corrected chi connectivity index (χ2v) is 5.42. The third-order valence-corrected chi connectivity index (χ3v) is 3.80. The normalized spacial score (nSPS) is 24.8. The molecule has 0 saturated carbocycles. The smallest absolute Gasteiger partial charge is 0.251 e. The van der Waals surface area contributed by atoms with Crippen molar-refractivity contribution in [2.45, 2.75) is 38.4 Å². The highest BCUT2D eigenvalue weighted by Gasteiger charge is 2.39. The van der Waals surface area contributed by atoms with Crippen LogP contribution in [0.5, 0.6) is 5.75 Å². The first-order chi connectivity index (χ1) is 10.0. The van der Waals surface area contributed by atoms with Gasteiger partial charge in [0.1, 0.15) is 11.4 Å². The van der Waals surface area contributed by atoms with Crippen LogP contribution in [0.25, 0.3) is 0 Å². The second-order valence-electron chi connectivity index (χ2n) is 5.42. The van der Waals surface area contributed by atoms with Crippen LogP contribution in [0.1, 0.15) is 37.0 Å². The molecule has 1 aliphatic heterocycles. The summed E-state index contributed by atoms with van der Waals surface area (Å²) < 4.78 is 10.8. The van der Waals surface area contributed by atoms with Crippen LogP contribution in [0.15, 0.2) is 24.3 Å².